The number of ether oxygens (including phenoxy) is 3. The van der Waals surface area contributed by atoms with E-state index < -0.39 is 24.3 Å². The Hall–Kier alpha value is -2.78. The van der Waals surface area contributed by atoms with Crippen LogP contribution in [0.1, 0.15) is 5.56 Å². The maximum absolute atomic E-state index is 10.6. The largest absolute Gasteiger partial charge is 0.490 e. The van der Waals surface area contributed by atoms with Gasteiger partial charge in [-0.05, 0) is 37.7 Å². The topological polar surface area (TPSA) is 109 Å². The first-order valence-corrected chi connectivity index (χ1v) is 10.5. The first-order chi connectivity index (χ1) is 16.6. The summed E-state index contributed by atoms with van der Waals surface area (Å²) >= 11 is 0. The molecule has 0 saturated carbocycles. The fourth-order valence-electron chi connectivity index (χ4n) is 4.02. The van der Waals surface area contributed by atoms with Gasteiger partial charge in [-0.1, -0.05) is 6.07 Å². The monoisotopic (exact) mass is 532 g/mol. The minimum atomic E-state index is -5.08. The molecule has 3 aliphatic rings. The van der Waals surface area contributed by atoms with E-state index in [0.29, 0.717) is 18.8 Å². The summed E-state index contributed by atoms with van der Waals surface area (Å²) in [6.07, 6.45) is -10.2. The Bertz CT molecular complexity index is 886. The van der Waals surface area contributed by atoms with Crippen LogP contribution >= 0.6 is 0 Å². The number of hydrogen-bond acceptors (Lipinski definition) is 7. The number of rotatable bonds is 3. The van der Waals surface area contributed by atoms with Crippen molar-refractivity contribution >= 4 is 11.9 Å². The molecule has 0 aromatic heterocycles. The third-order valence-electron chi connectivity index (χ3n) is 5.67. The van der Waals surface area contributed by atoms with Gasteiger partial charge in [-0.15, -0.1) is 0 Å². The van der Waals surface area contributed by atoms with Crippen LogP contribution in [0.4, 0.5) is 26.3 Å². The quantitative estimate of drug-likeness (QED) is 0.568. The van der Waals surface area contributed by atoms with E-state index in [1.54, 1.807) is 0 Å². The molecule has 2 N–H and O–H groups in total. The fourth-order valence-corrected chi connectivity index (χ4v) is 4.02. The predicted octanol–water partition coefficient (Wildman–Crippen LogP) is 2.69. The van der Waals surface area contributed by atoms with E-state index in [9.17, 15) is 26.3 Å². The zero-order chi connectivity index (χ0) is 27.3. The van der Waals surface area contributed by atoms with E-state index >= 15 is 0 Å². The van der Waals surface area contributed by atoms with Crippen LogP contribution in [0, 0.1) is 11.8 Å². The number of likely N-dealkylation sites (N-methyl/N-ethyl adjacent to an activating group) is 1. The Balaban J connectivity index is 0.000000271. The second-order valence-corrected chi connectivity index (χ2v) is 8.48. The van der Waals surface area contributed by atoms with Gasteiger partial charge in [0.15, 0.2) is 11.5 Å². The molecule has 4 rings (SSSR count). The van der Waals surface area contributed by atoms with Crippen molar-refractivity contribution in [1.82, 2.24) is 9.80 Å². The van der Waals surface area contributed by atoms with Crippen molar-refractivity contribution in [1.29, 1.82) is 0 Å². The molecule has 0 amide bonds. The Kier molecular flexibility index (Phi) is 9.79. The number of fused-ring (bicyclic) bond motifs is 2. The molecule has 0 radical (unpaired) electrons. The van der Waals surface area contributed by atoms with Crippen LogP contribution in [0.3, 0.4) is 0 Å². The summed E-state index contributed by atoms with van der Waals surface area (Å²) in [6.45, 7) is 5.38. The first-order valence-electron chi connectivity index (χ1n) is 10.5. The van der Waals surface area contributed by atoms with E-state index in [1.165, 1.54) is 5.56 Å². The number of likely N-dealkylation sites (tertiary alicyclic amines) is 1. The van der Waals surface area contributed by atoms with Crippen LogP contribution in [0.25, 0.3) is 0 Å². The van der Waals surface area contributed by atoms with Crippen LogP contribution < -0.4 is 9.47 Å². The second kappa shape index (κ2) is 12.0. The molecule has 204 valence electrons. The number of carboxylic acid groups (broad SMARTS) is 2. The van der Waals surface area contributed by atoms with E-state index in [4.69, 9.17) is 34.0 Å². The van der Waals surface area contributed by atoms with Gasteiger partial charge >= 0.3 is 24.3 Å². The summed E-state index contributed by atoms with van der Waals surface area (Å²) in [6, 6.07) is 6.83. The minimum absolute atomic E-state index is 0.342. The van der Waals surface area contributed by atoms with Crippen LogP contribution in [-0.4, -0.2) is 97.5 Å². The van der Waals surface area contributed by atoms with Crippen LogP contribution in [-0.2, 0) is 20.9 Å². The third kappa shape index (κ3) is 8.41. The van der Waals surface area contributed by atoms with Gasteiger partial charge in [0.1, 0.15) is 0 Å². The lowest BCUT2D eigenvalue weighted by Crippen LogP contribution is -2.47. The first kappa shape index (κ1) is 29.5. The van der Waals surface area contributed by atoms with Crippen LogP contribution in [0.5, 0.6) is 11.5 Å². The van der Waals surface area contributed by atoms with E-state index in [2.05, 4.69) is 36.0 Å². The zero-order valence-corrected chi connectivity index (χ0v) is 19.3. The average molecular weight is 532 g/mol. The lowest BCUT2D eigenvalue weighted by molar-refractivity contribution is -0.193. The van der Waals surface area contributed by atoms with Crippen molar-refractivity contribution in [3.05, 3.63) is 23.8 Å². The molecule has 36 heavy (non-hydrogen) atoms. The number of nitrogens with zero attached hydrogens (tertiary/aromatic N) is 2. The Morgan fingerprint density at radius 2 is 1.53 bits per heavy atom. The number of carboxylic acids is 2. The van der Waals surface area contributed by atoms with Gasteiger partial charge in [-0.25, -0.2) is 9.59 Å². The number of halogens is 6. The van der Waals surface area contributed by atoms with E-state index in [-0.39, 0.29) is 0 Å². The molecular formula is C21H26F6N2O7. The molecule has 1 aromatic rings. The number of aliphatic carboxylic acids is 2. The van der Waals surface area contributed by atoms with Gasteiger partial charge in [-0.2, -0.15) is 26.3 Å². The van der Waals surface area contributed by atoms with Crippen LogP contribution in [0.15, 0.2) is 18.2 Å². The predicted molar refractivity (Wildman–Crippen MR) is 110 cm³/mol. The highest BCUT2D eigenvalue weighted by molar-refractivity contribution is 5.73. The molecule has 9 nitrogen and oxygen atoms in total. The maximum Gasteiger partial charge on any atom is 0.490 e. The molecule has 15 heteroatoms. The van der Waals surface area contributed by atoms with Crippen LogP contribution in [0.2, 0.25) is 0 Å². The van der Waals surface area contributed by atoms with Crippen molar-refractivity contribution in [2.75, 3.05) is 47.2 Å². The van der Waals surface area contributed by atoms with Gasteiger partial charge in [0.25, 0.3) is 0 Å². The van der Waals surface area contributed by atoms with Gasteiger partial charge in [0.05, 0.1) is 13.2 Å². The normalized spacial score (nSPS) is 23.2. The summed E-state index contributed by atoms with van der Waals surface area (Å²) in [5.74, 6) is -2.39. The average Bonchev–Trinajstić information content (AvgIpc) is 3.38. The number of hydrogen-bond donors (Lipinski definition) is 2. The molecule has 2 fully saturated rings. The van der Waals surface area contributed by atoms with Gasteiger partial charge in [-0.3, -0.25) is 4.90 Å². The molecule has 3 heterocycles. The molecule has 2 saturated heterocycles. The number of benzene rings is 1. The summed E-state index contributed by atoms with van der Waals surface area (Å²) in [5, 5.41) is 14.2. The smallest absolute Gasteiger partial charge is 0.475 e. The van der Waals surface area contributed by atoms with Crippen molar-refractivity contribution in [3.63, 3.8) is 0 Å². The standard InChI is InChI=1S/C17H24N2O3.2C2HF3O2/c1-18(2)15-10-20-9-13-7-19(8-14(13)15)6-12-3-4-16-17(5-12)22-11-21-16;2*3-2(4,5)1(6)7/h3-5,13-15H,6-11H2,1-2H3;2*(H,6,7)/t13-,14-,15-;;/m0../s1. The minimum Gasteiger partial charge on any atom is -0.475 e. The fraction of sp³-hybridized carbons (Fsp3) is 0.619. The highest BCUT2D eigenvalue weighted by atomic mass is 19.4. The number of alkyl halides is 6. The summed E-state index contributed by atoms with van der Waals surface area (Å²) in [4.78, 5) is 22.7. The van der Waals surface area contributed by atoms with Gasteiger partial charge in [0.2, 0.25) is 6.79 Å². The van der Waals surface area contributed by atoms with E-state index in [0.717, 1.165) is 50.3 Å². The molecule has 3 aliphatic heterocycles. The lowest BCUT2D eigenvalue weighted by atomic mass is 9.87. The molecular weight excluding hydrogens is 506 g/mol. The highest BCUT2D eigenvalue weighted by Crippen LogP contribution is 2.35. The zero-order valence-electron chi connectivity index (χ0n) is 19.3. The summed E-state index contributed by atoms with van der Waals surface area (Å²) in [7, 11) is 4.33. The van der Waals surface area contributed by atoms with Crippen molar-refractivity contribution < 1.29 is 60.4 Å². The van der Waals surface area contributed by atoms with Gasteiger partial charge < -0.3 is 29.3 Å². The Morgan fingerprint density at radius 1 is 0.972 bits per heavy atom. The highest BCUT2D eigenvalue weighted by Gasteiger charge is 2.42. The molecule has 0 bridgehead atoms. The summed E-state index contributed by atoms with van der Waals surface area (Å²) in [5.41, 5.74) is 1.30. The van der Waals surface area contributed by atoms with Crippen molar-refractivity contribution in [2.45, 2.75) is 24.9 Å². The number of carbonyl (C=O) groups is 2. The second-order valence-electron chi connectivity index (χ2n) is 8.48. The molecule has 3 atom stereocenters. The Labute approximate surface area is 202 Å². The third-order valence-corrected chi connectivity index (χ3v) is 5.67. The lowest BCUT2D eigenvalue weighted by Gasteiger charge is -2.37. The molecule has 0 unspecified atom stereocenters. The molecule has 0 aliphatic carbocycles. The van der Waals surface area contributed by atoms with Gasteiger partial charge in [0, 0.05) is 31.6 Å². The molecule has 0 spiro atoms. The Morgan fingerprint density at radius 3 is 2.06 bits per heavy atom. The summed E-state index contributed by atoms with van der Waals surface area (Å²) < 4.78 is 80.1. The molecule has 1 aromatic carbocycles. The van der Waals surface area contributed by atoms with Crippen molar-refractivity contribution in [2.24, 2.45) is 11.8 Å². The van der Waals surface area contributed by atoms with Crippen molar-refractivity contribution in [3.8, 4) is 11.5 Å². The maximum atomic E-state index is 10.6. The SMILES string of the molecule is CN(C)[C@H]1COC[C@@H]2CN(Cc3ccc4c(c3)OCO4)C[C@@H]21.O=C(O)C(F)(F)F.O=C(O)C(F)(F)F. The van der Waals surface area contributed by atoms with E-state index in [1.807, 2.05) is 6.07 Å².